The summed E-state index contributed by atoms with van der Waals surface area (Å²) in [5.41, 5.74) is 0.690. The molecule has 0 saturated carbocycles. The van der Waals surface area contributed by atoms with Crippen molar-refractivity contribution < 1.29 is 4.79 Å². The Morgan fingerprint density at radius 1 is 1.19 bits per heavy atom. The number of amides is 1. The van der Waals surface area contributed by atoms with E-state index in [9.17, 15) is 4.79 Å². The second-order valence-corrected chi connectivity index (χ2v) is 5.44. The van der Waals surface area contributed by atoms with Gasteiger partial charge >= 0.3 is 0 Å². The Bertz CT molecular complexity index is 719. The number of hydrogen-bond donors (Lipinski definition) is 0. The van der Waals surface area contributed by atoms with Gasteiger partial charge in [0.1, 0.15) is 6.04 Å². The molecule has 1 heterocycles. The molecule has 0 spiro atoms. The van der Waals surface area contributed by atoms with Crippen molar-refractivity contribution in [3.8, 4) is 6.07 Å². The van der Waals surface area contributed by atoms with Gasteiger partial charge in [-0.1, -0.05) is 30.3 Å². The molecule has 0 radical (unpaired) electrons. The number of likely N-dealkylation sites (N-methyl/N-ethyl adjacent to an activating group) is 1. The highest BCUT2D eigenvalue weighted by atomic mass is 16.2. The highest BCUT2D eigenvalue weighted by molar-refractivity contribution is 5.98. The lowest BCUT2D eigenvalue weighted by atomic mass is 10.1. The molecule has 21 heavy (non-hydrogen) atoms. The van der Waals surface area contributed by atoms with Crippen LogP contribution in [0.3, 0.4) is 0 Å². The molecule has 1 amide bonds. The topological polar surface area (TPSA) is 47.3 Å². The quantitative estimate of drug-likeness (QED) is 0.803. The van der Waals surface area contributed by atoms with Crippen LogP contribution >= 0.6 is 0 Å². The van der Waals surface area contributed by atoms with E-state index in [0.717, 1.165) is 17.3 Å². The van der Waals surface area contributed by atoms with E-state index < -0.39 is 0 Å². The summed E-state index contributed by atoms with van der Waals surface area (Å²) in [7, 11) is 1.92. The van der Waals surface area contributed by atoms with Gasteiger partial charge in [-0.3, -0.25) is 9.69 Å². The first-order valence-corrected chi connectivity index (χ1v) is 7.07. The predicted molar refractivity (Wildman–Crippen MR) is 81.9 cm³/mol. The molecule has 0 unspecified atom stereocenters. The molecule has 0 aliphatic carbocycles. The standard InChI is InChI=1S/C17H17N3O/c1-19-8-9-20(12-16(19)11-18)17(21)15-7-6-13-4-2-3-5-14(13)10-15/h2-7,10,16H,8-9,12H2,1H3/t16-/m1/s1. The fraction of sp³-hybridized carbons (Fsp3) is 0.294. The summed E-state index contributed by atoms with van der Waals surface area (Å²) < 4.78 is 0. The molecule has 2 aromatic rings. The van der Waals surface area contributed by atoms with Crippen molar-refractivity contribution in [1.29, 1.82) is 5.26 Å². The maximum atomic E-state index is 12.6. The van der Waals surface area contributed by atoms with E-state index in [1.54, 1.807) is 4.90 Å². The molecule has 0 aromatic heterocycles. The molecule has 1 aliphatic rings. The Kier molecular flexibility index (Phi) is 3.59. The zero-order valence-electron chi connectivity index (χ0n) is 12.0. The SMILES string of the molecule is CN1CCN(C(=O)c2ccc3ccccc3c2)C[C@H]1C#N. The third-order valence-corrected chi connectivity index (χ3v) is 4.08. The van der Waals surface area contributed by atoms with Gasteiger partial charge in [0.15, 0.2) is 0 Å². The number of nitriles is 1. The van der Waals surface area contributed by atoms with Crippen molar-refractivity contribution >= 4 is 16.7 Å². The molecule has 3 rings (SSSR count). The van der Waals surface area contributed by atoms with Gasteiger partial charge in [-0.05, 0) is 30.0 Å². The van der Waals surface area contributed by atoms with Crippen LogP contribution in [0.2, 0.25) is 0 Å². The summed E-state index contributed by atoms with van der Waals surface area (Å²) in [5.74, 6) is 0.00843. The fourth-order valence-electron chi connectivity index (χ4n) is 2.70. The van der Waals surface area contributed by atoms with Crippen molar-refractivity contribution in [3.63, 3.8) is 0 Å². The van der Waals surface area contributed by atoms with E-state index in [4.69, 9.17) is 5.26 Å². The van der Waals surface area contributed by atoms with Crippen LogP contribution in [-0.4, -0.2) is 48.4 Å². The zero-order valence-corrected chi connectivity index (χ0v) is 12.0. The normalized spacial score (nSPS) is 19.4. The van der Waals surface area contributed by atoms with Gasteiger partial charge in [0, 0.05) is 25.2 Å². The molecule has 0 N–H and O–H groups in total. The van der Waals surface area contributed by atoms with Crippen LogP contribution in [0, 0.1) is 11.3 Å². The lowest BCUT2D eigenvalue weighted by Gasteiger charge is -2.36. The Balaban J connectivity index is 1.85. The molecule has 1 saturated heterocycles. The van der Waals surface area contributed by atoms with Crippen LogP contribution in [0.5, 0.6) is 0 Å². The second kappa shape index (κ2) is 5.55. The summed E-state index contributed by atoms with van der Waals surface area (Å²) in [4.78, 5) is 16.4. The van der Waals surface area contributed by atoms with Crippen LogP contribution in [-0.2, 0) is 0 Å². The number of fused-ring (bicyclic) bond motifs is 1. The van der Waals surface area contributed by atoms with E-state index in [1.807, 2.05) is 54.4 Å². The van der Waals surface area contributed by atoms with Gasteiger partial charge in [0.05, 0.1) is 6.07 Å². The summed E-state index contributed by atoms with van der Waals surface area (Å²) in [5, 5.41) is 11.3. The summed E-state index contributed by atoms with van der Waals surface area (Å²) in [6, 6.07) is 15.8. The number of hydrogen-bond acceptors (Lipinski definition) is 3. The molecule has 2 aromatic carbocycles. The van der Waals surface area contributed by atoms with Crippen LogP contribution in [0.25, 0.3) is 10.8 Å². The van der Waals surface area contributed by atoms with Crippen LogP contribution < -0.4 is 0 Å². The Labute approximate surface area is 124 Å². The molecule has 4 nitrogen and oxygen atoms in total. The van der Waals surface area contributed by atoms with Crippen molar-refractivity contribution in [2.45, 2.75) is 6.04 Å². The minimum atomic E-state index is -0.219. The number of carbonyl (C=O) groups is 1. The number of piperazine rings is 1. The molecule has 0 bridgehead atoms. The average Bonchev–Trinajstić information content (AvgIpc) is 2.54. The summed E-state index contributed by atoms with van der Waals surface area (Å²) >= 11 is 0. The Hall–Kier alpha value is -2.38. The lowest BCUT2D eigenvalue weighted by molar-refractivity contribution is 0.0611. The molecular weight excluding hydrogens is 262 g/mol. The monoisotopic (exact) mass is 279 g/mol. The molecule has 4 heteroatoms. The highest BCUT2D eigenvalue weighted by Gasteiger charge is 2.27. The number of rotatable bonds is 1. The van der Waals surface area contributed by atoms with Crippen molar-refractivity contribution in [3.05, 3.63) is 48.0 Å². The molecule has 1 atom stereocenters. The maximum absolute atomic E-state index is 12.6. The minimum Gasteiger partial charge on any atom is -0.335 e. The van der Waals surface area contributed by atoms with Crippen molar-refractivity contribution in [1.82, 2.24) is 9.80 Å². The highest BCUT2D eigenvalue weighted by Crippen LogP contribution is 2.18. The smallest absolute Gasteiger partial charge is 0.254 e. The van der Waals surface area contributed by atoms with E-state index in [-0.39, 0.29) is 11.9 Å². The number of benzene rings is 2. The summed E-state index contributed by atoms with van der Waals surface area (Å²) in [6.07, 6.45) is 0. The maximum Gasteiger partial charge on any atom is 0.254 e. The van der Waals surface area contributed by atoms with Crippen molar-refractivity contribution in [2.75, 3.05) is 26.7 Å². The van der Waals surface area contributed by atoms with Gasteiger partial charge in [0.2, 0.25) is 0 Å². The van der Waals surface area contributed by atoms with Crippen LogP contribution in [0.15, 0.2) is 42.5 Å². The summed E-state index contributed by atoms with van der Waals surface area (Å²) in [6.45, 7) is 1.87. The predicted octanol–water partition coefficient (Wildman–Crippen LogP) is 2.12. The largest absolute Gasteiger partial charge is 0.335 e. The molecular formula is C17H17N3O. The van der Waals surface area contributed by atoms with Crippen LogP contribution in [0.4, 0.5) is 0 Å². The van der Waals surface area contributed by atoms with E-state index in [0.29, 0.717) is 18.7 Å². The van der Waals surface area contributed by atoms with Gasteiger partial charge in [-0.25, -0.2) is 0 Å². The van der Waals surface area contributed by atoms with Gasteiger partial charge in [-0.15, -0.1) is 0 Å². The molecule has 106 valence electrons. The minimum absolute atomic E-state index is 0.00843. The first-order chi connectivity index (χ1) is 10.2. The number of nitrogens with zero attached hydrogens (tertiary/aromatic N) is 3. The van der Waals surface area contributed by atoms with Crippen LogP contribution in [0.1, 0.15) is 10.4 Å². The van der Waals surface area contributed by atoms with Gasteiger partial charge < -0.3 is 4.90 Å². The Morgan fingerprint density at radius 3 is 2.71 bits per heavy atom. The first kappa shape index (κ1) is 13.6. The third-order valence-electron chi connectivity index (χ3n) is 4.08. The van der Waals surface area contributed by atoms with E-state index in [2.05, 4.69) is 6.07 Å². The third kappa shape index (κ3) is 2.61. The molecule has 1 fully saturated rings. The zero-order chi connectivity index (χ0) is 14.8. The lowest BCUT2D eigenvalue weighted by Crippen LogP contribution is -2.52. The Morgan fingerprint density at radius 2 is 1.95 bits per heavy atom. The molecule has 1 aliphatic heterocycles. The average molecular weight is 279 g/mol. The van der Waals surface area contributed by atoms with Gasteiger partial charge in [-0.2, -0.15) is 5.26 Å². The van der Waals surface area contributed by atoms with Crippen molar-refractivity contribution in [2.24, 2.45) is 0 Å². The van der Waals surface area contributed by atoms with E-state index >= 15 is 0 Å². The van der Waals surface area contributed by atoms with Gasteiger partial charge in [0.25, 0.3) is 5.91 Å². The number of carbonyl (C=O) groups excluding carboxylic acids is 1. The van der Waals surface area contributed by atoms with E-state index in [1.165, 1.54) is 0 Å². The first-order valence-electron chi connectivity index (χ1n) is 7.07. The second-order valence-electron chi connectivity index (χ2n) is 5.44. The fourth-order valence-corrected chi connectivity index (χ4v) is 2.70.